The second kappa shape index (κ2) is 4.78. The molecule has 1 aromatic carbocycles. The molecule has 1 saturated carbocycles. The Kier molecular flexibility index (Phi) is 3.36. The van der Waals surface area contributed by atoms with Gasteiger partial charge in [-0.25, -0.2) is 4.79 Å². The van der Waals surface area contributed by atoms with E-state index in [-0.39, 0.29) is 0 Å². The highest BCUT2D eigenvalue weighted by atomic mass is 16.4. The fourth-order valence-electron chi connectivity index (χ4n) is 2.38. The highest BCUT2D eigenvalue weighted by Crippen LogP contribution is 2.43. The number of rotatable bonds is 5. The van der Waals surface area contributed by atoms with Gasteiger partial charge < -0.3 is 10.4 Å². The van der Waals surface area contributed by atoms with Crippen LogP contribution in [0.5, 0.6) is 0 Å². The second-order valence-corrected chi connectivity index (χ2v) is 4.95. The first-order chi connectivity index (χ1) is 8.15. The van der Waals surface area contributed by atoms with Gasteiger partial charge >= 0.3 is 5.97 Å². The molecule has 1 aromatic rings. The van der Waals surface area contributed by atoms with E-state index in [1.807, 2.05) is 6.07 Å². The number of carboxylic acids is 1. The molecule has 0 aromatic heterocycles. The molecule has 0 saturated heterocycles. The lowest BCUT2D eigenvalue weighted by molar-refractivity contribution is 0.0697. The van der Waals surface area contributed by atoms with Crippen LogP contribution in [0.25, 0.3) is 0 Å². The third-order valence-corrected chi connectivity index (χ3v) is 3.94. The zero-order valence-electron chi connectivity index (χ0n) is 10.2. The Balaban J connectivity index is 1.99. The van der Waals surface area contributed by atoms with Crippen LogP contribution < -0.4 is 5.32 Å². The van der Waals surface area contributed by atoms with Gasteiger partial charge in [0, 0.05) is 12.2 Å². The van der Waals surface area contributed by atoms with E-state index in [2.05, 4.69) is 12.2 Å². The van der Waals surface area contributed by atoms with Crippen molar-refractivity contribution in [3.05, 3.63) is 29.8 Å². The molecule has 0 spiro atoms. The maximum Gasteiger partial charge on any atom is 0.335 e. The van der Waals surface area contributed by atoms with E-state index in [1.54, 1.807) is 18.2 Å². The maximum absolute atomic E-state index is 10.9. The molecule has 0 bridgehead atoms. The van der Waals surface area contributed by atoms with Crippen molar-refractivity contribution >= 4 is 11.7 Å². The lowest BCUT2D eigenvalue weighted by Gasteiger charge is -2.41. The first-order valence-electron chi connectivity index (χ1n) is 6.22. The third-order valence-electron chi connectivity index (χ3n) is 3.94. The van der Waals surface area contributed by atoms with E-state index in [4.69, 9.17) is 5.11 Å². The van der Waals surface area contributed by atoms with Crippen molar-refractivity contribution in [2.45, 2.75) is 32.6 Å². The molecule has 0 unspecified atom stereocenters. The molecular weight excluding hydrogens is 214 g/mol. The van der Waals surface area contributed by atoms with Crippen LogP contribution in [0.3, 0.4) is 0 Å². The predicted molar refractivity (Wildman–Crippen MR) is 68.5 cm³/mol. The minimum Gasteiger partial charge on any atom is -0.478 e. The van der Waals surface area contributed by atoms with Crippen molar-refractivity contribution in [3.8, 4) is 0 Å². The molecule has 1 fully saturated rings. The van der Waals surface area contributed by atoms with Crippen LogP contribution in [-0.2, 0) is 0 Å². The van der Waals surface area contributed by atoms with E-state index >= 15 is 0 Å². The highest BCUT2D eigenvalue weighted by molar-refractivity contribution is 5.88. The van der Waals surface area contributed by atoms with Gasteiger partial charge in [-0.2, -0.15) is 0 Å². The zero-order valence-corrected chi connectivity index (χ0v) is 10.2. The van der Waals surface area contributed by atoms with E-state index in [0.717, 1.165) is 12.2 Å². The van der Waals surface area contributed by atoms with Crippen LogP contribution in [0, 0.1) is 5.41 Å². The van der Waals surface area contributed by atoms with Crippen LogP contribution in [-0.4, -0.2) is 17.6 Å². The summed E-state index contributed by atoms with van der Waals surface area (Å²) < 4.78 is 0. The summed E-state index contributed by atoms with van der Waals surface area (Å²) in [5.41, 5.74) is 1.69. The minimum atomic E-state index is -0.873. The standard InChI is InChI=1S/C14H19NO2/c1-2-14(7-4-8-14)10-15-12-6-3-5-11(9-12)13(16)17/h3,5-6,9,15H,2,4,7-8,10H2,1H3,(H,16,17). The Hall–Kier alpha value is -1.51. The summed E-state index contributed by atoms with van der Waals surface area (Å²) in [5.74, 6) is -0.873. The minimum absolute atomic E-state index is 0.342. The van der Waals surface area contributed by atoms with Crippen LogP contribution in [0.4, 0.5) is 5.69 Å². The van der Waals surface area contributed by atoms with Gasteiger partial charge in [0.15, 0.2) is 0 Å². The molecule has 1 aliphatic rings. The summed E-state index contributed by atoms with van der Waals surface area (Å²) >= 11 is 0. The zero-order chi connectivity index (χ0) is 12.3. The third kappa shape index (κ3) is 2.60. The predicted octanol–water partition coefficient (Wildman–Crippen LogP) is 3.38. The van der Waals surface area contributed by atoms with Crippen molar-refractivity contribution in [1.82, 2.24) is 0 Å². The molecular formula is C14H19NO2. The number of benzene rings is 1. The molecule has 17 heavy (non-hydrogen) atoms. The lowest BCUT2D eigenvalue weighted by atomic mass is 9.67. The van der Waals surface area contributed by atoms with Crippen LogP contribution >= 0.6 is 0 Å². The van der Waals surface area contributed by atoms with E-state index in [1.165, 1.54) is 25.7 Å². The molecule has 0 radical (unpaired) electrons. The van der Waals surface area contributed by atoms with Crippen LogP contribution in [0.2, 0.25) is 0 Å². The number of aromatic carboxylic acids is 1. The van der Waals surface area contributed by atoms with Crippen molar-refractivity contribution < 1.29 is 9.90 Å². The number of hydrogen-bond donors (Lipinski definition) is 2. The number of anilines is 1. The molecule has 3 heteroatoms. The van der Waals surface area contributed by atoms with Gasteiger partial charge in [-0.3, -0.25) is 0 Å². The van der Waals surface area contributed by atoms with Crippen molar-refractivity contribution in [1.29, 1.82) is 0 Å². The average Bonchev–Trinajstić information content (AvgIpc) is 2.28. The molecule has 1 aliphatic carbocycles. The molecule has 0 aliphatic heterocycles. The van der Waals surface area contributed by atoms with Gasteiger partial charge in [-0.15, -0.1) is 0 Å². The summed E-state index contributed by atoms with van der Waals surface area (Å²) in [6.07, 6.45) is 5.09. The number of nitrogens with one attached hydrogen (secondary N) is 1. The lowest BCUT2D eigenvalue weighted by Crippen LogP contribution is -2.35. The SMILES string of the molecule is CCC1(CNc2cccc(C(=O)O)c2)CCC1. The molecule has 3 nitrogen and oxygen atoms in total. The number of carbonyl (C=O) groups is 1. The second-order valence-electron chi connectivity index (χ2n) is 4.95. The van der Waals surface area contributed by atoms with Gasteiger partial charge in [0.2, 0.25) is 0 Å². The number of carboxylic acid groups (broad SMARTS) is 1. The van der Waals surface area contributed by atoms with E-state index in [0.29, 0.717) is 11.0 Å². The average molecular weight is 233 g/mol. The topological polar surface area (TPSA) is 49.3 Å². The first-order valence-corrected chi connectivity index (χ1v) is 6.22. The highest BCUT2D eigenvalue weighted by Gasteiger charge is 2.34. The Morgan fingerprint density at radius 2 is 2.24 bits per heavy atom. The number of hydrogen-bond acceptors (Lipinski definition) is 2. The summed E-state index contributed by atoms with van der Waals surface area (Å²) in [5, 5.41) is 12.3. The van der Waals surface area contributed by atoms with E-state index < -0.39 is 5.97 Å². The molecule has 0 atom stereocenters. The Bertz CT molecular complexity index is 405. The summed E-state index contributed by atoms with van der Waals surface area (Å²) in [6, 6.07) is 7.02. The van der Waals surface area contributed by atoms with Crippen molar-refractivity contribution in [2.75, 3.05) is 11.9 Å². The largest absolute Gasteiger partial charge is 0.478 e. The van der Waals surface area contributed by atoms with E-state index in [9.17, 15) is 4.79 Å². The molecule has 92 valence electrons. The van der Waals surface area contributed by atoms with Crippen LogP contribution in [0.15, 0.2) is 24.3 Å². The van der Waals surface area contributed by atoms with Crippen molar-refractivity contribution in [3.63, 3.8) is 0 Å². The Morgan fingerprint density at radius 3 is 2.76 bits per heavy atom. The quantitative estimate of drug-likeness (QED) is 0.819. The van der Waals surface area contributed by atoms with Gasteiger partial charge in [0.05, 0.1) is 5.56 Å². The summed E-state index contributed by atoms with van der Waals surface area (Å²) in [4.78, 5) is 10.9. The van der Waals surface area contributed by atoms with Gasteiger partial charge in [0.1, 0.15) is 0 Å². The van der Waals surface area contributed by atoms with Crippen LogP contribution in [0.1, 0.15) is 43.0 Å². The van der Waals surface area contributed by atoms with Gasteiger partial charge in [0.25, 0.3) is 0 Å². The summed E-state index contributed by atoms with van der Waals surface area (Å²) in [6.45, 7) is 3.18. The molecule has 0 amide bonds. The maximum atomic E-state index is 10.9. The Labute approximate surface area is 102 Å². The molecule has 2 rings (SSSR count). The normalized spacial score (nSPS) is 17.2. The monoisotopic (exact) mass is 233 g/mol. The summed E-state index contributed by atoms with van der Waals surface area (Å²) in [7, 11) is 0. The molecule has 2 N–H and O–H groups in total. The molecule has 0 heterocycles. The van der Waals surface area contributed by atoms with Gasteiger partial charge in [-0.1, -0.05) is 19.4 Å². The van der Waals surface area contributed by atoms with Crippen molar-refractivity contribution in [2.24, 2.45) is 5.41 Å². The smallest absolute Gasteiger partial charge is 0.335 e. The Morgan fingerprint density at radius 1 is 1.47 bits per heavy atom. The van der Waals surface area contributed by atoms with Gasteiger partial charge in [-0.05, 0) is 42.9 Å². The fourth-order valence-corrected chi connectivity index (χ4v) is 2.38. The fraction of sp³-hybridized carbons (Fsp3) is 0.500. The first kappa shape index (κ1) is 12.0.